The molecule has 1 unspecified atom stereocenters. The highest BCUT2D eigenvalue weighted by Gasteiger charge is 2.10. The largest absolute Gasteiger partial charge is 1.00 e. The summed E-state index contributed by atoms with van der Waals surface area (Å²) < 4.78 is 3.93. The fraction of sp³-hybridized carbons (Fsp3) is 0.842. The zero-order valence-electron chi connectivity index (χ0n) is 15.4. The number of unbranched alkanes of at least 4 members (excludes halogenated alkanes) is 9. The minimum absolute atomic E-state index is 0. The highest BCUT2D eigenvalue weighted by atomic mass is 79.9. The summed E-state index contributed by atoms with van der Waals surface area (Å²) in [6.07, 6.45) is 19.8. The number of imidazole rings is 1. The molecule has 0 amide bonds. The van der Waals surface area contributed by atoms with Crippen LogP contribution in [-0.2, 0) is 13.1 Å². The molecule has 0 aliphatic rings. The molecule has 1 rings (SSSR count). The topological polar surface area (TPSA) is 49.3 Å². The Morgan fingerprint density at radius 3 is 2.12 bits per heavy atom. The molecule has 0 bridgehead atoms. The first kappa shape index (κ1) is 23.6. The van der Waals surface area contributed by atoms with Gasteiger partial charge >= 0.3 is 0 Å². The van der Waals surface area contributed by atoms with E-state index in [-0.39, 0.29) is 29.7 Å². The lowest BCUT2D eigenvalue weighted by atomic mass is 10.0. The lowest BCUT2D eigenvalue weighted by molar-refractivity contribution is -0.703. The molecular weight excluding hydrogens is 368 g/mol. The number of nitrogens with zero attached hydrogens (tertiary/aromatic N) is 2. The standard InChI is InChI=1S/C19H37N2O2.BrH/c1-2-3-4-5-6-7-8-9-10-11-12-19(23)17-21-14-13-20(18-21)15-16-22;/h13-14,18-19,22-23H,2-12,15-17H2,1H3;1H/q+1;/p-1. The van der Waals surface area contributed by atoms with Crippen LogP contribution in [-0.4, -0.2) is 27.5 Å². The van der Waals surface area contributed by atoms with Crippen LogP contribution in [0.4, 0.5) is 0 Å². The van der Waals surface area contributed by atoms with Crippen LogP contribution >= 0.6 is 0 Å². The summed E-state index contributed by atoms with van der Waals surface area (Å²) >= 11 is 0. The number of aliphatic hydroxyl groups is 2. The minimum atomic E-state index is -0.265. The van der Waals surface area contributed by atoms with E-state index in [1.807, 2.05) is 27.9 Å². The third kappa shape index (κ3) is 12.0. The Bertz CT molecular complexity index is 385. The van der Waals surface area contributed by atoms with Crippen molar-refractivity contribution < 1.29 is 31.8 Å². The maximum Gasteiger partial charge on any atom is 0.243 e. The van der Waals surface area contributed by atoms with E-state index in [1.54, 1.807) is 0 Å². The number of rotatable bonds is 15. The Morgan fingerprint density at radius 2 is 1.54 bits per heavy atom. The van der Waals surface area contributed by atoms with Crippen molar-refractivity contribution in [3.63, 3.8) is 0 Å². The summed E-state index contributed by atoms with van der Waals surface area (Å²) in [5.74, 6) is 0. The van der Waals surface area contributed by atoms with Gasteiger partial charge in [-0.15, -0.1) is 0 Å². The number of hydrogen-bond acceptors (Lipinski definition) is 2. The summed E-state index contributed by atoms with van der Waals surface area (Å²) in [6.45, 7) is 3.67. The highest BCUT2D eigenvalue weighted by Crippen LogP contribution is 2.12. The lowest BCUT2D eigenvalue weighted by Gasteiger charge is -2.08. The van der Waals surface area contributed by atoms with Gasteiger partial charge in [0, 0.05) is 0 Å². The average molecular weight is 405 g/mol. The van der Waals surface area contributed by atoms with Gasteiger partial charge in [0.1, 0.15) is 25.5 Å². The second-order valence-electron chi connectivity index (χ2n) is 6.70. The van der Waals surface area contributed by atoms with Gasteiger partial charge in [0.15, 0.2) is 0 Å². The van der Waals surface area contributed by atoms with Crippen molar-refractivity contribution >= 4 is 0 Å². The molecule has 0 aliphatic heterocycles. The predicted octanol–water partition coefficient (Wildman–Crippen LogP) is 0.444. The van der Waals surface area contributed by atoms with Crippen LogP contribution in [0.15, 0.2) is 18.7 Å². The molecule has 0 aliphatic carbocycles. The Kier molecular flexibility index (Phi) is 15.8. The zero-order valence-corrected chi connectivity index (χ0v) is 17.0. The van der Waals surface area contributed by atoms with E-state index in [4.69, 9.17) is 5.11 Å². The van der Waals surface area contributed by atoms with E-state index in [2.05, 4.69) is 6.92 Å². The molecule has 24 heavy (non-hydrogen) atoms. The normalized spacial score (nSPS) is 12.1. The van der Waals surface area contributed by atoms with Crippen LogP contribution in [0.3, 0.4) is 0 Å². The van der Waals surface area contributed by atoms with E-state index in [9.17, 15) is 5.11 Å². The van der Waals surface area contributed by atoms with Crippen LogP contribution in [0.5, 0.6) is 0 Å². The fourth-order valence-corrected chi connectivity index (χ4v) is 3.00. The molecule has 1 aromatic rings. The van der Waals surface area contributed by atoms with Gasteiger partial charge in [-0.3, -0.25) is 0 Å². The highest BCUT2D eigenvalue weighted by molar-refractivity contribution is 4.66. The molecular formula is C19H37BrN2O2. The number of hydrogen-bond donors (Lipinski definition) is 2. The number of aromatic nitrogens is 2. The molecule has 1 heterocycles. The van der Waals surface area contributed by atoms with Crippen molar-refractivity contribution in [2.24, 2.45) is 0 Å². The first-order chi connectivity index (χ1) is 11.3. The molecule has 142 valence electrons. The van der Waals surface area contributed by atoms with E-state index >= 15 is 0 Å². The molecule has 1 atom stereocenters. The quantitative estimate of drug-likeness (QED) is 0.329. The van der Waals surface area contributed by atoms with Gasteiger partial charge in [0.2, 0.25) is 6.33 Å². The Morgan fingerprint density at radius 1 is 0.958 bits per heavy atom. The first-order valence-corrected chi connectivity index (χ1v) is 9.60. The van der Waals surface area contributed by atoms with Gasteiger partial charge in [0.05, 0.1) is 12.7 Å². The molecule has 0 fully saturated rings. The summed E-state index contributed by atoms with van der Waals surface area (Å²) in [6, 6.07) is 0. The van der Waals surface area contributed by atoms with Crippen LogP contribution in [0.25, 0.3) is 0 Å². The fourth-order valence-electron chi connectivity index (χ4n) is 3.00. The van der Waals surface area contributed by atoms with Crippen molar-refractivity contribution in [3.8, 4) is 0 Å². The summed E-state index contributed by atoms with van der Waals surface area (Å²) in [4.78, 5) is 0. The van der Waals surface area contributed by atoms with Gasteiger partial charge in [0.25, 0.3) is 0 Å². The third-order valence-corrected chi connectivity index (χ3v) is 4.42. The average Bonchev–Trinajstić information content (AvgIpc) is 2.96. The second-order valence-corrected chi connectivity index (χ2v) is 6.70. The summed E-state index contributed by atoms with van der Waals surface area (Å²) in [7, 11) is 0. The van der Waals surface area contributed by atoms with E-state index < -0.39 is 0 Å². The Balaban J connectivity index is 0.00000529. The van der Waals surface area contributed by atoms with Crippen LogP contribution in [0.2, 0.25) is 0 Å². The SMILES string of the molecule is CCCCCCCCCCCCC(O)C[n+]1ccn(CCO)c1.[Br-]. The molecule has 4 nitrogen and oxygen atoms in total. The number of aliphatic hydroxyl groups excluding tert-OH is 2. The zero-order chi connectivity index (χ0) is 16.8. The molecule has 0 saturated carbocycles. The van der Waals surface area contributed by atoms with E-state index in [0.717, 1.165) is 12.8 Å². The van der Waals surface area contributed by atoms with Crippen molar-refractivity contribution in [2.45, 2.75) is 96.7 Å². The summed E-state index contributed by atoms with van der Waals surface area (Å²) in [5, 5.41) is 19.0. The van der Waals surface area contributed by atoms with Crippen LogP contribution < -0.4 is 21.5 Å². The first-order valence-electron chi connectivity index (χ1n) is 9.60. The second kappa shape index (κ2) is 16.1. The lowest BCUT2D eigenvalue weighted by Crippen LogP contribution is -3.00. The monoisotopic (exact) mass is 404 g/mol. The van der Waals surface area contributed by atoms with Gasteiger partial charge in [-0.25, -0.2) is 9.13 Å². The molecule has 5 heteroatoms. The summed E-state index contributed by atoms with van der Waals surface area (Å²) in [5.41, 5.74) is 0. The van der Waals surface area contributed by atoms with Gasteiger partial charge in [-0.2, -0.15) is 0 Å². The van der Waals surface area contributed by atoms with E-state index in [1.165, 1.54) is 57.8 Å². The van der Waals surface area contributed by atoms with Crippen molar-refractivity contribution in [2.75, 3.05) is 6.61 Å². The van der Waals surface area contributed by atoms with Crippen molar-refractivity contribution in [1.82, 2.24) is 4.57 Å². The van der Waals surface area contributed by atoms with Crippen molar-refractivity contribution in [3.05, 3.63) is 18.7 Å². The third-order valence-electron chi connectivity index (χ3n) is 4.42. The van der Waals surface area contributed by atoms with Crippen LogP contribution in [0, 0.1) is 0 Å². The van der Waals surface area contributed by atoms with E-state index in [0.29, 0.717) is 13.1 Å². The Labute approximate surface area is 158 Å². The molecule has 2 N–H and O–H groups in total. The minimum Gasteiger partial charge on any atom is -1.00 e. The molecule has 1 aromatic heterocycles. The number of halogens is 1. The maximum absolute atomic E-state index is 10.1. The predicted molar refractivity (Wildman–Crippen MR) is 94.2 cm³/mol. The van der Waals surface area contributed by atoms with Gasteiger partial charge in [-0.1, -0.05) is 71.1 Å². The Hall–Kier alpha value is -0.390. The smallest absolute Gasteiger partial charge is 0.243 e. The molecule has 0 saturated heterocycles. The van der Waals surface area contributed by atoms with Gasteiger partial charge in [-0.05, 0) is 6.42 Å². The molecule has 0 spiro atoms. The van der Waals surface area contributed by atoms with Crippen molar-refractivity contribution in [1.29, 1.82) is 0 Å². The van der Waals surface area contributed by atoms with Gasteiger partial charge < -0.3 is 27.2 Å². The molecule has 0 radical (unpaired) electrons. The maximum atomic E-state index is 10.1. The van der Waals surface area contributed by atoms with Crippen LogP contribution in [0.1, 0.15) is 77.6 Å². The molecule has 0 aromatic carbocycles.